The molecule has 0 aromatic carbocycles. The Balaban J connectivity index is 1.89. The van der Waals surface area contributed by atoms with Crippen molar-refractivity contribution in [2.45, 2.75) is 55.6 Å². The predicted octanol–water partition coefficient (Wildman–Crippen LogP) is 2.29. The van der Waals surface area contributed by atoms with E-state index in [1.807, 2.05) is 0 Å². The van der Waals surface area contributed by atoms with Crippen molar-refractivity contribution in [3.8, 4) is 0 Å². The molecule has 0 N–H and O–H groups in total. The first-order chi connectivity index (χ1) is 7.57. The quantitative estimate of drug-likeness (QED) is 0.580. The molecule has 16 heavy (non-hydrogen) atoms. The van der Waals surface area contributed by atoms with E-state index in [0.29, 0.717) is 0 Å². The summed E-state index contributed by atoms with van der Waals surface area (Å²) in [5.74, 6) is 0.420. The van der Waals surface area contributed by atoms with Gasteiger partial charge in [-0.1, -0.05) is 41.6 Å². The molecule has 1 aliphatic heterocycles. The van der Waals surface area contributed by atoms with Crippen LogP contribution in [0, 0.1) is 0 Å². The maximum atomic E-state index is 11.5. The van der Waals surface area contributed by atoms with Gasteiger partial charge in [0.1, 0.15) is 0 Å². The maximum absolute atomic E-state index is 11.5. The molecule has 0 radical (unpaired) electrons. The van der Waals surface area contributed by atoms with E-state index in [0.717, 1.165) is 12.8 Å². The number of halogens is 1. The lowest BCUT2D eigenvalue weighted by molar-refractivity contribution is -0.00219. The van der Waals surface area contributed by atoms with Crippen molar-refractivity contribution >= 4 is 25.8 Å². The fraction of sp³-hybridized carbons (Fsp3) is 1.00. The molecule has 0 aromatic rings. The zero-order valence-electron chi connectivity index (χ0n) is 9.40. The Kier molecular flexibility index (Phi) is 4.30. The molecule has 1 saturated heterocycles. The van der Waals surface area contributed by atoms with Gasteiger partial charge in [-0.3, -0.25) is 0 Å². The van der Waals surface area contributed by atoms with Crippen LogP contribution in [0.25, 0.3) is 0 Å². The van der Waals surface area contributed by atoms with Gasteiger partial charge in [0.2, 0.25) is 0 Å². The lowest BCUT2D eigenvalue weighted by atomic mass is 10.1. The second kappa shape index (κ2) is 5.36. The first-order valence-electron chi connectivity index (χ1n) is 6.07. The van der Waals surface area contributed by atoms with Crippen molar-refractivity contribution in [2.24, 2.45) is 0 Å². The van der Waals surface area contributed by atoms with Crippen LogP contribution in [0.4, 0.5) is 0 Å². The fourth-order valence-corrected chi connectivity index (χ4v) is 5.94. The summed E-state index contributed by atoms with van der Waals surface area (Å²) in [6, 6.07) is 0. The van der Waals surface area contributed by atoms with Crippen molar-refractivity contribution in [3.05, 3.63) is 0 Å². The lowest BCUT2D eigenvalue weighted by Crippen LogP contribution is -2.28. The topological polar surface area (TPSA) is 43.4 Å². The molecule has 2 unspecified atom stereocenters. The fourth-order valence-electron chi connectivity index (χ4n) is 2.52. The molecule has 2 fully saturated rings. The number of rotatable bonds is 2. The van der Waals surface area contributed by atoms with Crippen LogP contribution in [0.3, 0.4) is 0 Å². The van der Waals surface area contributed by atoms with E-state index in [9.17, 15) is 8.42 Å². The van der Waals surface area contributed by atoms with Crippen LogP contribution in [-0.4, -0.2) is 37.0 Å². The maximum Gasteiger partial charge on any atom is 0.154 e. The Hall–Kier alpha value is 0.390. The molecule has 1 aliphatic carbocycles. The second-order valence-corrected chi connectivity index (χ2v) is 8.21. The van der Waals surface area contributed by atoms with Crippen LogP contribution in [0.15, 0.2) is 0 Å². The SMILES string of the molecule is O=S1(=O)CC(Br)C(OC2CCCCCC2)C1. The van der Waals surface area contributed by atoms with Gasteiger partial charge in [-0.15, -0.1) is 0 Å². The summed E-state index contributed by atoms with van der Waals surface area (Å²) in [4.78, 5) is -0.0132. The number of alkyl halides is 1. The molecular weight excluding hydrogens is 292 g/mol. The Labute approximate surface area is 106 Å². The minimum atomic E-state index is -2.88. The Morgan fingerprint density at radius 3 is 2.12 bits per heavy atom. The normalized spacial score (nSPS) is 36.1. The molecule has 0 bridgehead atoms. The third kappa shape index (κ3) is 3.44. The summed E-state index contributed by atoms with van der Waals surface area (Å²) in [6.07, 6.45) is 7.36. The van der Waals surface area contributed by atoms with Crippen molar-refractivity contribution < 1.29 is 13.2 Å². The average Bonchev–Trinajstić information content (AvgIpc) is 2.43. The summed E-state index contributed by atoms with van der Waals surface area (Å²) in [5.41, 5.74) is 0. The average molecular weight is 311 g/mol. The van der Waals surface area contributed by atoms with E-state index in [2.05, 4.69) is 15.9 Å². The zero-order chi connectivity index (χ0) is 11.6. The van der Waals surface area contributed by atoms with Gasteiger partial charge in [0.15, 0.2) is 9.84 Å². The van der Waals surface area contributed by atoms with E-state index < -0.39 is 9.84 Å². The zero-order valence-corrected chi connectivity index (χ0v) is 11.8. The number of hydrogen-bond acceptors (Lipinski definition) is 3. The van der Waals surface area contributed by atoms with Gasteiger partial charge in [-0.2, -0.15) is 0 Å². The smallest absolute Gasteiger partial charge is 0.154 e. The Morgan fingerprint density at radius 2 is 1.62 bits per heavy atom. The molecule has 1 heterocycles. The standard InChI is InChI=1S/C11H19BrO3S/c12-10-7-16(13,14)8-11(10)15-9-5-3-1-2-4-6-9/h9-11H,1-8H2. The van der Waals surface area contributed by atoms with Crippen LogP contribution < -0.4 is 0 Å². The van der Waals surface area contributed by atoms with Gasteiger partial charge in [0.05, 0.1) is 28.5 Å². The summed E-state index contributed by atoms with van der Waals surface area (Å²) < 4.78 is 28.9. The van der Waals surface area contributed by atoms with E-state index >= 15 is 0 Å². The van der Waals surface area contributed by atoms with Crippen LogP contribution in [0.2, 0.25) is 0 Å². The van der Waals surface area contributed by atoms with E-state index in [-0.39, 0.29) is 28.5 Å². The van der Waals surface area contributed by atoms with Crippen molar-refractivity contribution in [2.75, 3.05) is 11.5 Å². The molecule has 94 valence electrons. The van der Waals surface area contributed by atoms with Crippen molar-refractivity contribution in [1.29, 1.82) is 0 Å². The molecule has 2 rings (SSSR count). The minimum absolute atomic E-state index is 0.0132. The molecule has 5 heteroatoms. The number of ether oxygens (including phenoxy) is 1. The van der Waals surface area contributed by atoms with E-state index in [4.69, 9.17) is 4.74 Å². The van der Waals surface area contributed by atoms with Gasteiger partial charge < -0.3 is 4.74 Å². The summed E-state index contributed by atoms with van der Waals surface area (Å²) in [7, 11) is -2.88. The third-order valence-corrected chi connectivity index (χ3v) is 6.45. The molecule has 0 spiro atoms. The molecular formula is C11H19BrO3S. The molecule has 2 aliphatic rings. The molecule has 3 nitrogen and oxygen atoms in total. The highest BCUT2D eigenvalue weighted by atomic mass is 79.9. The summed E-state index contributed by atoms with van der Waals surface area (Å²) >= 11 is 3.42. The van der Waals surface area contributed by atoms with E-state index in [1.54, 1.807) is 0 Å². The van der Waals surface area contributed by atoms with Gasteiger partial charge in [0, 0.05) is 0 Å². The largest absolute Gasteiger partial charge is 0.373 e. The first-order valence-corrected chi connectivity index (χ1v) is 8.80. The van der Waals surface area contributed by atoms with Crippen molar-refractivity contribution in [3.63, 3.8) is 0 Å². The second-order valence-electron chi connectivity index (χ2n) is 4.88. The van der Waals surface area contributed by atoms with Gasteiger partial charge >= 0.3 is 0 Å². The lowest BCUT2D eigenvalue weighted by Gasteiger charge is -2.21. The number of sulfone groups is 1. The monoisotopic (exact) mass is 310 g/mol. The first kappa shape index (κ1) is 12.8. The highest BCUT2D eigenvalue weighted by Crippen LogP contribution is 2.27. The minimum Gasteiger partial charge on any atom is -0.373 e. The van der Waals surface area contributed by atoms with E-state index in [1.165, 1.54) is 25.7 Å². The third-order valence-electron chi connectivity index (χ3n) is 3.40. The Bertz CT molecular complexity index is 320. The molecule has 2 atom stereocenters. The van der Waals surface area contributed by atoms with Crippen molar-refractivity contribution in [1.82, 2.24) is 0 Å². The summed E-state index contributed by atoms with van der Waals surface area (Å²) in [5, 5.41) is 0. The van der Waals surface area contributed by atoms with Gasteiger partial charge in [-0.25, -0.2) is 8.42 Å². The molecule has 0 aromatic heterocycles. The van der Waals surface area contributed by atoms with Crippen LogP contribution in [-0.2, 0) is 14.6 Å². The van der Waals surface area contributed by atoms with Gasteiger partial charge in [-0.05, 0) is 12.8 Å². The van der Waals surface area contributed by atoms with Crippen LogP contribution in [0.1, 0.15) is 38.5 Å². The Morgan fingerprint density at radius 1 is 1.00 bits per heavy atom. The highest BCUT2D eigenvalue weighted by molar-refractivity contribution is 9.09. The highest BCUT2D eigenvalue weighted by Gasteiger charge is 2.38. The van der Waals surface area contributed by atoms with Crippen LogP contribution >= 0.6 is 15.9 Å². The van der Waals surface area contributed by atoms with Gasteiger partial charge in [0.25, 0.3) is 0 Å². The van der Waals surface area contributed by atoms with Crippen LogP contribution in [0.5, 0.6) is 0 Å². The molecule has 1 saturated carbocycles. The molecule has 0 amide bonds. The number of hydrogen-bond donors (Lipinski definition) is 0. The predicted molar refractivity (Wildman–Crippen MR) is 67.7 cm³/mol. The summed E-state index contributed by atoms with van der Waals surface area (Å²) in [6.45, 7) is 0.